The van der Waals surface area contributed by atoms with Crippen molar-refractivity contribution in [3.05, 3.63) is 0 Å². The molecule has 0 unspecified atom stereocenters. The zero-order chi connectivity index (χ0) is 15.9. The van der Waals surface area contributed by atoms with E-state index in [4.69, 9.17) is 4.74 Å². The molecule has 1 fully saturated rings. The van der Waals surface area contributed by atoms with Gasteiger partial charge in [0.15, 0.2) is 5.78 Å². The van der Waals surface area contributed by atoms with E-state index in [0.29, 0.717) is 6.42 Å². The minimum absolute atomic E-state index is 0.112. The molecule has 0 saturated heterocycles. The number of alkyl carbamates (subject to hydrolysis) is 1. The molecule has 0 aliphatic heterocycles. The van der Waals surface area contributed by atoms with E-state index >= 15 is 0 Å². The van der Waals surface area contributed by atoms with Crippen LogP contribution in [0.1, 0.15) is 59.3 Å². The van der Waals surface area contributed by atoms with E-state index in [1.165, 1.54) is 6.42 Å². The maximum atomic E-state index is 12.6. The van der Waals surface area contributed by atoms with Gasteiger partial charge in [-0.1, -0.05) is 19.3 Å². The second kappa shape index (κ2) is 8.66. The van der Waals surface area contributed by atoms with Gasteiger partial charge in [0, 0.05) is 5.92 Å². The zero-order valence-corrected chi connectivity index (χ0v) is 14.6. The second-order valence-electron chi connectivity index (χ2n) is 6.72. The molecule has 1 aliphatic carbocycles. The zero-order valence-electron chi connectivity index (χ0n) is 13.7. The summed E-state index contributed by atoms with van der Waals surface area (Å²) in [6.07, 6.45) is 7.59. The Morgan fingerprint density at radius 1 is 1.24 bits per heavy atom. The summed E-state index contributed by atoms with van der Waals surface area (Å²) in [5.41, 5.74) is -0.540. The number of thioether (sulfide) groups is 1. The molecule has 5 heteroatoms. The van der Waals surface area contributed by atoms with Gasteiger partial charge in [0.1, 0.15) is 5.60 Å². The number of rotatable bonds is 6. The van der Waals surface area contributed by atoms with Crippen molar-refractivity contribution in [1.82, 2.24) is 5.32 Å². The van der Waals surface area contributed by atoms with Crippen LogP contribution in [0.25, 0.3) is 0 Å². The molecule has 1 rings (SSSR count). The summed E-state index contributed by atoms with van der Waals surface area (Å²) in [6.45, 7) is 5.48. The molecule has 0 aromatic heterocycles. The van der Waals surface area contributed by atoms with Gasteiger partial charge in [-0.3, -0.25) is 4.79 Å². The largest absolute Gasteiger partial charge is 0.444 e. The lowest BCUT2D eigenvalue weighted by atomic mass is 9.83. The summed E-state index contributed by atoms with van der Waals surface area (Å²) < 4.78 is 5.28. The van der Waals surface area contributed by atoms with Crippen molar-refractivity contribution < 1.29 is 14.3 Å². The van der Waals surface area contributed by atoms with Crippen molar-refractivity contribution in [2.24, 2.45) is 5.92 Å². The third-order valence-corrected chi connectivity index (χ3v) is 4.30. The molecule has 122 valence electrons. The molecule has 1 saturated carbocycles. The lowest BCUT2D eigenvalue weighted by Crippen LogP contribution is -2.46. The van der Waals surface area contributed by atoms with Crippen LogP contribution in [-0.2, 0) is 9.53 Å². The smallest absolute Gasteiger partial charge is 0.408 e. The van der Waals surface area contributed by atoms with Crippen LogP contribution in [0.15, 0.2) is 0 Å². The van der Waals surface area contributed by atoms with Crippen LogP contribution in [-0.4, -0.2) is 35.5 Å². The molecule has 1 N–H and O–H groups in total. The minimum Gasteiger partial charge on any atom is -0.444 e. The van der Waals surface area contributed by atoms with Crippen molar-refractivity contribution in [2.75, 3.05) is 12.0 Å². The van der Waals surface area contributed by atoms with Crippen molar-refractivity contribution in [3.8, 4) is 0 Å². The van der Waals surface area contributed by atoms with Gasteiger partial charge in [0.2, 0.25) is 0 Å². The number of nitrogens with one attached hydrogen (secondary N) is 1. The Bertz CT molecular complexity index is 346. The number of carbonyl (C=O) groups excluding carboxylic acids is 2. The fourth-order valence-electron chi connectivity index (χ4n) is 2.64. The molecule has 0 aromatic rings. The average molecular weight is 315 g/mol. The van der Waals surface area contributed by atoms with Gasteiger partial charge in [0.05, 0.1) is 6.04 Å². The van der Waals surface area contributed by atoms with E-state index in [9.17, 15) is 9.59 Å². The highest BCUT2D eigenvalue weighted by molar-refractivity contribution is 7.98. The fraction of sp³-hybridized carbons (Fsp3) is 0.875. The van der Waals surface area contributed by atoms with E-state index < -0.39 is 17.7 Å². The average Bonchev–Trinajstić information content (AvgIpc) is 2.41. The number of hydrogen-bond donors (Lipinski definition) is 1. The molecular weight excluding hydrogens is 286 g/mol. The molecule has 0 bridgehead atoms. The third kappa shape index (κ3) is 7.21. The summed E-state index contributed by atoms with van der Waals surface area (Å²) >= 11 is 1.69. The maximum Gasteiger partial charge on any atom is 0.408 e. The first kappa shape index (κ1) is 18.3. The van der Waals surface area contributed by atoms with Crippen LogP contribution in [0.3, 0.4) is 0 Å². The monoisotopic (exact) mass is 315 g/mol. The summed E-state index contributed by atoms with van der Waals surface area (Å²) in [6, 6.07) is -0.407. The van der Waals surface area contributed by atoms with E-state index in [2.05, 4.69) is 5.32 Å². The highest BCUT2D eigenvalue weighted by atomic mass is 32.2. The van der Waals surface area contributed by atoms with Crippen LogP contribution < -0.4 is 5.32 Å². The second-order valence-corrected chi connectivity index (χ2v) is 7.70. The third-order valence-electron chi connectivity index (χ3n) is 3.65. The molecule has 1 atom stereocenters. The van der Waals surface area contributed by atoms with Crippen molar-refractivity contribution >= 4 is 23.6 Å². The summed E-state index contributed by atoms with van der Waals surface area (Å²) in [4.78, 5) is 24.6. The van der Waals surface area contributed by atoms with Gasteiger partial charge in [-0.15, -0.1) is 0 Å². The number of ketones is 1. The minimum atomic E-state index is -0.540. The SMILES string of the molecule is CSCC[C@H](NC(=O)OC(C)(C)C)C(=O)C1CCCCC1. The number of carbonyl (C=O) groups is 2. The molecule has 0 spiro atoms. The molecule has 1 aliphatic rings. The topological polar surface area (TPSA) is 55.4 Å². The maximum absolute atomic E-state index is 12.6. The molecule has 0 radical (unpaired) electrons. The molecule has 4 nitrogen and oxygen atoms in total. The van der Waals surface area contributed by atoms with Gasteiger partial charge in [-0.2, -0.15) is 11.8 Å². The molecule has 21 heavy (non-hydrogen) atoms. The van der Waals surface area contributed by atoms with Crippen molar-refractivity contribution in [3.63, 3.8) is 0 Å². The first-order valence-corrected chi connectivity index (χ1v) is 9.25. The van der Waals surface area contributed by atoms with E-state index in [0.717, 1.165) is 31.4 Å². The standard InChI is InChI=1S/C16H29NO3S/c1-16(2,3)20-15(19)17-13(10-11-21-4)14(18)12-8-6-5-7-9-12/h12-13H,5-11H2,1-4H3,(H,17,19)/t13-/m0/s1. The van der Waals surface area contributed by atoms with Crippen LogP contribution in [0.4, 0.5) is 4.79 Å². The van der Waals surface area contributed by atoms with Gasteiger partial charge >= 0.3 is 6.09 Å². The number of Topliss-reactive ketones (excluding diaryl/α,β-unsaturated/α-hetero) is 1. The Hall–Kier alpha value is -0.710. The van der Waals surface area contributed by atoms with E-state index in [-0.39, 0.29) is 11.7 Å². The van der Waals surface area contributed by atoms with Crippen LogP contribution >= 0.6 is 11.8 Å². The first-order valence-electron chi connectivity index (χ1n) is 7.85. The van der Waals surface area contributed by atoms with Crippen molar-refractivity contribution in [2.45, 2.75) is 70.9 Å². The quantitative estimate of drug-likeness (QED) is 0.810. The van der Waals surface area contributed by atoms with Crippen molar-refractivity contribution in [1.29, 1.82) is 0 Å². The normalized spacial score (nSPS) is 18.1. The lowest BCUT2D eigenvalue weighted by Gasteiger charge is -2.27. The summed E-state index contributed by atoms with van der Waals surface area (Å²) in [5.74, 6) is 1.16. The Labute approximate surface area is 132 Å². The summed E-state index contributed by atoms with van der Waals surface area (Å²) in [7, 11) is 0. The predicted molar refractivity (Wildman–Crippen MR) is 87.7 cm³/mol. The molecule has 0 heterocycles. The molecular formula is C16H29NO3S. The Morgan fingerprint density at radius 3 is 2.38 bits per heavy atom. The van der Waals surface area contributed by atoms with Gasteiger partial charge < -0.3 is 10.1 Å². The first-order chi connectivity index (χ1) is 9.83. The number of hydrogen-bond acceptors (Lipinski definition) is 4. The predicted octanol–water partition coefficient (Wildman–Crippen LogP) is 3.78. The molecule has 0 aromatic carbocycles. The fourth-order valence-corrected chi connectivity index (χ4v) is 3.11. The van der Waals surface area contributed by atoms with E-state index in [1.54, 1.807) is 11.8 Å². The number of amides is 1. The van der Waals surface area contributed by atoms with Gasteiger partial charge in [0.25, 0.3) is 0 Å². The van der Waals surface area contributed by atoms with E-state index in [1.807, 2.05) is 27.0 Å². The Kier molecular flexibility index (Phi) is 7.57. The highest BCUT2D eigenvalue weighted by Crippen LogP contribution is 2.26. The molecule has 1 amide bonds. The van der Waals surface area contributed by atoms with Crippen LogP contribution in [0.2, 0.25) is 0 Å². The summed E-state index contributed by atoms with van der Waals surface area (Å²) in [5, 5.41) is 2.78. The van der Waals surface area contributed by atoms with Gasteiger partial charge in [-0.05, 0) is 52.0 Å². The van der Waals surface area contributed by atoms with Gasteiger partial charge in [-0.25, -0.2) is 4.79 Å². The number of ether oxygens (including phenoxy) is 1. The van der Waals surface area contributed by atoms with Crippen LogP contribution in [0.5, 0.6) is 0 Å². The van der Waals surface area contributed by atoms with Crippen LogP contribution in [0, 0.1) is 5.92 Å². The Morgan fingerprint density at radius 2 is 1.86 bits per heavy atom. The lowest BCUT2D eigenvalue weighted by molar-refractivity contribution is -0.126. The Balaban J connectivity index is 2.61. The highest BCUT2D eigenvalue weighted by Gasteiger charge is 2.30.